The summed E-state index contributed by atoms with van der Waals surface area (Å²) in [6.07, 6.45) is 2.94. The van der Waals surface area contributed by atoms with Gasteiger partial charge in [0.2, 0.25) is 12.2 Å². The van der Waals surface area contributed by atoms with Gasteiger partial charge in [-0.3, -0.25) is 0 Å². The molecule has 2 aromatic carbocycles. The molecule has 0 heterocycles. The molecule has 0 bridgehead atoms. The molecule has 2 aromatic rings. The van der Waals surface area contributed by atoms with Gasteiger partial charge in [0.25, 0.3) is 0 Å². The van der Waals surface area contributed by atoms with Crippen LogP contribution in [0.1, 0.15) is 11.1 Å². The van der Waals surface area contributed by atoms with Gasteiger partial charge in [-0.05, 0) is 23.3 Å². The molecule has 0 aliphatic carbocycles. The minimum Gasteiger partial charge on any atom is -0.211 e. The molecule has 0 unspecified atom stereocenters. The summed E-state index contributed by atoms with van der Waals surface area (Å²) in [7, 11) is 0. The van der Waals surface area contributed by atoms with Crippen molar-refractivity contribution in [3.63, 3.8) is 0 Å². The van der Waals surface area contributed by atoms with E-state index in [2.05, 4.69) is 16.6 Å². The number of rotatable bonds is 4. The van der Waals surface area contributed by atoms with Crippen molar-refractivity contribution in [2.45, 2.75) is 0 Å². The van der Waals surface area contributed by atoms with Crippen molar-refractivity contribution < 1.29 is 9.59 Å². The van der Waals surface area contributed by atoms with Crippen LogP contribution in [-0.2, 0) is 9.59 Å². The second-order valence-electron chi connectivity index (χ2n) is 3.95. The van der Waals surface area contributed by atoms with Gasteiger partial charge in [-0.25, -0.2) is 9.59 Å². The Balaban J connectivity index is 2.53. The molecule has 0 saturated heterocycles. The maximum Gasteiger partial charge on any atom is 0.240 e. The molecule has 96 valence electrons. The van der Waals surface area contributed by atoms with Gasteiger partial charge < -0.3 is 0 Å². The van der Waals surface area contributed by atoms with Crippen molar-refractivity contribution >= 4 is 29.1 Å². The zero-order valence-electron chi connectivity index (χ0n) is 10.5. The molecule has 4 nitrogen and oxygen atoms in total. The highest BCUT2D eigenvalue weighted by Gasteiger charge is 2.08. The highest BCUT2D eigenvalue weighted by atomic mass is 16.1. The van der Waals surface area contributed by atoms with E-state index in [9.17, 15) is 9.59 Å². The summed E-state index contributed by atoms with van der Waals surface area (Å²) in [6.45, 7) is 4.02. The molecular weight excluding hydrogens is 252 g/mol. The average Bonchev–Trinajstić information content (AvgIpc) is 2.48. The topological polar surface area (TPSA) is 58.9 Å². The number of aliphatic imine (C=N–C) groups is 2. The fourth-order valence-corrected chi connectivity index (χ4v) is 1.83. The monoisotopic (exact) mass is 262 g/mol. The van der Waals surface area contributed by atoms with Crippen LogP contribution >= 0.6 is 0 Å². The summed E-state index contributed by atoms with van der Waals surface area (Å²) in [5.74, 6) is 0. The molecule has 0 N–H and O–H groups in total. The first kappa shape index (κ1) is 13.4. The Bertz CT molecular complexity index is 738. The molecule has 2 rings (SSSR count). The number of isocyanates is 2. The van der Waals surface area contributed by atoms with Crippen LogP contribution in [0.15, 0.2) is 65.1 Å². The molecule has 0 amide bonds. The number of benzene rings is 2. The highest BCUT2D eigenvalue weighted by Crippen LogP contribution is 2.32. The van der Waals surface area contributed by atoms with E-state index in [1.165, 1.54) is 18.2 Å². The zero-order chi connectivity index (χ0) is 14.4. The Hall–Kier alpha value is -3.06. The first-order valence-corrected chi connectivity index (χ1v) is 5.80. The van der Waals surface area contributed by atoms with Crippen LogP contribution in [0.3, 0.4) is 0 Å². The van der Waals surface area contributed by atoms with Crippen molar-refractivity contribution in [3.05, 3.63) is 66.2 Å². The summed E-state index contributed by atoms with van der Waals surface area (Å²) in [6, 6.07) is 14.4. The molecule has 0 aromatic heterocycles. The van der Waals surface area contributed by atoms with Gasteiger partial charge in [0.05, 0.1) is 11.4 Å². The predicted molar refractivity (Wildman–Crippen MR) is 76.6 cm³/mol. The third-order valence-corrected chi connectivity index (χ3v) is 2.77. The van der Waals surface area contributed by atoms with E-state index in [1.54, 1.807) is 12.1 Å². The molecule has 0 aliphatic heterocycles. The normalized spacial score (nSPS) is 9.20. The molecule has 20 heavy (non-hydrogen) atoms. The zero-order valence-corrected chi connectivity index (χ0v) is 10.5. The summed E-state index contributed by atoms with van der Waals surface area (Å²) in [5, 5.41) is 0. The lowest BCUT2D eigenvalue weighted by Gasteiger charge is -2.09. The average molecular weight is 262 g/mol. The van der Waals surface area contributed by atoms with Crippen LogP contribution in [0.25, 0.3) is 5.57 Å². The third-order valence-electron chi connectivity index (χ3n) is 2.77. The van der Waals surface area contributed by atoms with Crippen LogP contribution in [-0.4, -0.2) is 12.2 Å². The van der Waals surface area contributed by atoms with Gasteiger partial charge >= 0.3 is 0 Å². The molecule has 0 spiro atoms. The molecular formula is C16H10N2O2. The quantitative estimate of drug-likeness (QED) is 0.623. The molecule has 0 fully saturated rings. The van der Waals surface area contributed by atoms with E-state index in [1.807, 2.05) is 30.3 Å². The van der Waals surface area contributed by atoms with Crippen molar-refractivity contribution in [3.8, 4) is 0 Å². The van der Waals surface area contributed by atoms with Crippen LogP contribution in [0, 0.1) is 0 Å². The first-order chi connectivity index (χ1) is 9.76. The third kappa shape index (κ3) is 2.85. The van der Waals surface area contributed by atoms with Crippen LogP contribution in [0.2, 0.25) is 0 Å². The summed E-state index contributed by atoms with van der Waals surface area (Å²) in [4.78, 5) is 27.9. The maximum atomic E-state index is 10.5. The lowest BCUT2D eigenvalue weighted by Crippen LogP contribution is -1.86. The second kappa shape index (κ2) is 6.21. The number of hydrogen-bond acceptors (Lipinski definition) is 4. The predicted octanol–water partition coefficient (Wildman–Crippen LogP) is 3.68. The van der Waals surface area contributed by atoms with Gasteiger partial charge in [-0.2, -0.15) is 9.98 Å². The maximum absolute atomic E-state index is 10.5. The van der Waals surface area contributed by atoms with Crippen molar-refractivity contribution in [2.24, 2.45) is 9.98 Å². The van der Waals surface area contributed by atoms with Gasteiger partial charge in [0.1, 0.15) is 0 Å². The summed E-state index contributed by atoms with van der Waals surface area (Å²) in [5.41, 5.74) is 3.07. The molecule has 0 atom stereocenters. The number of carbonyl (C=O) groups excluding carboxylic acids is 2. The second-order valence-corrected chi connectivity index (χ2v) is 3.95. The van der Waals surface area contributed by atoms with E-state index in [-0.39, 0.29) is 0 Å². The van der Waals surface area contributed by atoms with Crippen LogP contribution in [0.5, 0.6) is 0 Å². The van der Waals surface area contributed by atoms with Gasteiger partial charge in [0, 0.05) is 5.56 Å². The SMILES string of the molecule is C=C(c1ccccc1)c1ccc(N=C=O)cc1N=C=O. The largest absolute Gasteiger partial charge is 0.240 e. The van der Waals surface area contributed by atoms with E-state index in [4.69, 9.17) is 0 Å². The van der Waals surface area contributed by atoms with E-state index < -0.39 is 0 Å². The fraction of sp³-hybridized carbons (Fsp3) is 0. The van der Waals surface area contributed by atoms with Gasteiger partial charge in [0.15, 0.2) is 0 Å². The summed E-state index contributed by atoms with van der Waals surface area (Å²) < 4.78 is 0. The minimum atomic E-state index is 0.366. The smallest absolute Gasteiger partial charge is 0.211 e. The Morgan fingerprint density at radius 1 is 0.950 bits per heavy atom. The Morgan fingerprint density at radius 2 is 1.65 bits per heavy atom. The molecule has 0 radical (unpaired) electrons. The van der Waals surface area contributed by atoms with Gasteiger partial charge in [-0.1, -0.05) is 43.0 Å². The van der Waals surface area contributed by atoms with Gasteiger partial charge in [-0.15, -0.1) is 0 Å². The van der Waals surface area contributed by atoms with Crippen molar-refractivity contribution in [2.75, 3.05) is 0 Å². The summed E-state index contributed by atoms with van der Waals surface area (Å²) >= 11 is 0. The number of hydrogen-bond donors (Lipinski definition) is 0. The highest BCUT2D eigenvalue weighted by molar-refractivity contribution is 5.85. The number of nitrogens with zero attached hydrogens (tertiary/aromatic N) is 2. The Morgan fingerprint density at radius 3 is 2.30 bits per heavy atom. The lowest BCUT2D eigenvalue weighted by atomic mass is 9.98. The van der Waals surface area contributed by atoms with E-state index in [0.717, 1.165) is 11.1 Å². The fourth-order valence-electron chi connectivity index (χ4n) is 1.83. The lowest BCUT2D eigenvalue weighted by molar-refractivity contribution is 0.565. The molecule has 4 heteroatoms. The van der Waals surface area contributed by atoms with Crippen LogP contribution in [0.4, 0.5) is 11.4 Å². The van der Waals surface area contributed by atoms with E-state index >= 15 is 0 Å². The van der Waals surface area contributed by atoms with Crippen molar-refractivity contribution in [1.29, 1.82) is 0 Å². The standard InChI is InChI=1S/C16H10N2O2/c1-12(13-5-3-2-4-6-13)15-8-7-14(17-10-19)9-16(15)18-11-20/h2-9H,1H2. The Labute approximate surface area is 115 Å². The molecule has 0 saturated carbocycles. The van der Waals surface area contributed by atoms with E-state index in [0.29, 0.717) is 16.9 Å². The minimum absolute atomic E-state index is 0.366. The van der Waals surface area contributed by atoms with Crippen LogP contribution < -0.4 is 0 Å². The first-order valence-electron chi connectivity index (χ1n) is 5.80. The van der Waals surface area contributed by atoms with Crippen molar-refractivity contribution in [1.82, 2.24) is 0 Å². The molecule has 0 aliphatic rings. The Kier molecular flexibility index (Phi) is 4.15.